The largest absolute Gasteiger partial charge is 0.316 e. The van der Waals surface area contributed by atoms with Crippen molar-refractivity contribution >= 4 is 27.3 Å². The highest BCUT2D eigenvalue weighted by Gasteiger charge is 2.07. The fourth-order valence-electron chi connectivity index (χ4n) is 1.63. The highest BCUT2D eigenvalue weighted by Crippen LogP contribution is 2.26. The van der Waals surface area contributed by atoms with E-state index in [-0.39, 0.29) is 0 Å². The molecule has 0 aliphatic heterocycles. The van der Waals surface area contributed by atoms with Gasteiger partial charge in [-0.25, -0.2) is 0 Å². The predicted molar refractivity (Wildman–Crippen MR) is 77.2 cm³/mol. The second-order valence-corrected chi connectivity index (χ2v) is 6.74. The maximum absolute atomic E-state index is 3.59. The Labute approximate surface area is 112 Å². The summed E-state index contributed by atoms with van der Waals surface area (Å²) in [5.41, 5.74) is 0. The van der Waals surface area contributed by atoms with Gasteiger partial charge in [-0.05, 0) is 65.1 Å². The van der Waals surface area contributed by atoms with E-state index in [9.17, 15) is 0 Å². The summed E-state index contributed by atoms with van der Waals surface area (Å²) in [4.78, 5) is 1.48. The van der Waals surface area contributed by atoms with Gasteiger partial charge in [0.05, 0.1) is 0 Å². The molecule has 1 aromatic heterocycles. The summed E-state index contributed by atoms with van der Waals surface area (Å²) in [5.74, 6) is 1.51. The molecule has 3 heteroatoms. The average molecular weight is 304 g/mol. The number of hydrogen-bond acceptors (Lipinski definition) is 2. The van der Waals surface area contributed by atoms with Crippen LogP contribution in [0.4, 0.5) is 0 Å². The molecule has 0 aliphatic rings. The van der Waals surface area contributed by atoms with Crippen molar-refractivity contribution in [3.8, 4) is 0 Å². The second kappa shape index (κ2) is 7.46. The molecule has 1 unspecified atom stereocenters. The van der Waals surface area contributed by atoms with E-state index >= 15 is 0 Å². The maximum atomic E-state index is 3.59. The lowest BCUT2D eigenvalue weighted by molar-refractivity contribution is 0.475. The zero-order valence-electron chi connectivity index (χ0n) is 10.4. The lowest BCUT2D eigenvalue weighted by Gasteiger charge is -2.12. The molecule has 1 aromatic rings. The number of nitrogens with one attached hydrogen (secondary N) is 1. The lowest BCUT2D eigenvalue weighted by Crippen LogP contribution is -2.22. The van der Waals surface area contributed by atoms with Crippen LogP contribution in [0.3, 0.4) is 0 Å². The molecule has 0 spiro atoms. The van der Waals surface area contributed by atoms with Gasteiger partial charge in [-0.1, -0.05) is 20.8 Å². The summed E-state index contributed by atoms with van der Waals surface area (Å²) in [6.07, 6.45) is 2.46. The van der Waals surface area contributed by atoms with Crippen molar-refractivity contribution in [2.24, 2.45) is 11.8 Å². The van der Waals surface area contributed by atoms with Crippen LogP contribution in [0.2, 0.25) is 0 Å². The fourth-order valence-corrected chi connectivity index (χ4v) is 3.31. The van der Waals surface area contributed by atoms with Gasteiger partial charge in [0, 0.05) is 9.35 Å². The summed E-state index contributed by atoms with van der Waals surface area (Å²) >= 11 is 5.45. The van der Waals surface area contributed by atoms with Gasteiger partial charge in [0.2, 0.25) is 0 Å². The van der Waals surface area contributed by atoms with Crippen molar-refractivity contribution in [2.75, 3.05) is 13.1 Å². The minimum atomic E-state index is 0.752. The van der Waals surface area contributed by atoms with Crippen molar-refractivity contribution in [2.45, 2.75) is 33.6 Å². The van der Waals surface area contributed by atoms with Gasteiger partial charge in [0.15, 0.2) is 0 Å². The van der Waals surface area contributed by atoms with Gasteiger partial charge in [-0.2, -0.15) is 0 Å². The highest BCUT2D eigenvalue weighted by atomic mass is 79.9. The molecule has 0 fully saturated rings. The first-order valence-electron chi connectivity index (χ1n) is 6.02. The molecule has 1 rings (SSSR count). The Morgan fingerprint density at radius 2 is 2.12 bits per heavy atom. The van der Waals surface area contributed by atoms with E-state index in [4.69, 9.17) is 0 Å². The summed E-state index contributed by atoms with van der Waals surface area (Å²) in [6.45, 7) is 9.11. The highest BCUT2D eigenvalue weighted by molar-refractivity contribution is 9.10. The Balaban J connectivity index is 2.16. The van der Waals surface area contributed by atoms with Crippen LogP contribution < -0.4 is 5.32 Å². The van der Waals surface area contributed by atoms with Crippen LogP contribution in [0.5, 0.6) is 0 Å². The van der Waals surface area contributed by atoms with E-state index < -0.39 is 0 Å². The number of halogens is 1. The summed E-state index contributed by atoms with van der Waals surface area (Å²) in [5, 5.41) is 5.66. The molecule has 0 radical (unpaired) electrons. The Morgan fingerprint density at radius 1 is 1.38 bits per heavy atom. The van der Waals surface area contributed by atoms with Crippen LogP contribution in [-0.2, 0) is 6.42 Å². The number of rotatable bonds is 7. The molecular weight excluding hydrogens is 282 g/mol. The van der Waals surface area contributed by atoms with Crippen molar-refractivity contribution < 1.29 is 0 Å². The zero-order valence-corrected chi connectivity index (χ0v) is 12.8. The summed E-state index contributed by atoms with van der Waals surface area (Å²) < 4.78 is 1.28. The third-order valence-corrected chi connectivity index (χ3v) is 4.54. The minimum Gasteiger partial charge on any atom is -0.316 e. The topological polar surface area (TPSA) is 12.0 Å². The molecule has 1 nitrogen and oxygen atoms in total. The monoisotopic (exact) mass is 303 g/mol. The second-order valence-electron chi connectivity index (χ2n) is 4.89. The smallest absolute Gasteiger partial charge is 0.0314 e. The summed E-state index contributed by atoms with van der Waals surface area (Å²) in [6, 6.07) is 2.14. The Morgan fingerprint density at radius 3 is 2.69 bits per heavy atom. The van der Waals surface area contributed by atoms with E-state index in [1.54, 1.807) is 0 Å². The first kappa shape index (κ1) is 14.2. The fraction of sp³-hybridized carbons (Fsp3) is 0.692. The van der Waals surface area contributed by atoms with E-state index in [1.165, 1.54) is 22.2 Å². The molecule has 0 aromatic carbocycles. The first-order chi connectivity index (χ1) is 7.59. The van der Waals surface area contributed by atoms with Crippen LogP contribution in [0.1, 0.15) is 32.1 Å². The third kappa shape index (κ3) is 5.46. The van der Waals surface area contributed by atoms with Crippen LogP contribution in [0, 0.1) is 11.8 Å². The van der Waals surface area contributed by atoms with Crippen LogP contribution in [0.15, 0.2) is 15.9 Å². The molecule has 0 saturated carbocycles. The zero-order chi connectivity index (χ0) is 12.0. The molecule has 0 aliphatic carbocycles. The van der Waals surface area contributed by atoms with Crippen molar-refractivity contribution in [1.29, 1.82) is 0 Å². The quantitative estimate of drug-likeness (QED) is 0.740. The lowest BCUT2D eigenvalue weighted by atomic mass is 10.0. The van der Waals surface area contributed by atoms with Crippen LogP contribution >= 0.6 is 27.3 Å². The molecule has 92 valence electrons. The Kier molecular flexibility index (Phi) is 6.62. The van der Waals surface area contributed by atoms with Gasteiger partial charge in [-0.15, -0.1) is 11.3 Å². The van der Waals surface area contributed by atoms with Gasteiger partial charge >= 0.3 is 0 Å². The molecule has 1 heterocycles. The van der Waals surface area contributed by atoms with Crippen LogP contribution in [0.25, 0.3) is 0 Å². The van der Waals surface area contributed by atoms with Gasteiger partial charge in [-0.3, -0.25) is 0 Å². The molecule has 0 amide bonds. The average Bonchev–Trinajstić information content (AvgIpc) is 2.59. The van der Waals surface area contributed by atoms with Gasteiger partial charge < -0.3 is 5.32 Å². The van der Waals surface area contributed by atoms with Gasteiger partial charge in [0.25, 0.3) is 0 Å². The number of thiophene rings is 1. The van der Waals surface area contributed by atoms with E-state index in [2.05, 4.69) is 53.5 Å². The molecule has 0 bridgehead atoms. The maximum Gasteiger partial charge on any atom is 0.0314 e. The summed E-state index contributed by atoms with van der Waals surface area (Å²) in [7, 11) is 0. The minimum absolute atomic E-state index is 0.752. The van der Waals surface area contributed by atoms with E-state index in [0.717, 1.165) is 24.9 Å². The van der Waals surface area contributed by atoms with Crippen molar-refractivity contribution in [3.63, 3.8) is 0 Å². The van der Waals surface area contributed by atoms with Crippen molar-refractivity contribution in [3.05, 3.63) is 20.8 Å². The van der Waals surface area contributed by atoms with E-state index in [0.29, 0.717) is 0 Å². The molecular formula is C13H22BrNS. The normalized spacial score (nSPS) is 13.3. The number of hydrogen-bond donors (Lipinski definition) is 1. The SMILES string of the molecule is CC(C)CNCCC(C)Cc1sccc1Br. The first-order valence-corrected chi connectivity index (χ1v) is 7.69. The van der Waals surface area contributed by atoms with E-state index in [1.807, 2.05) is 11.3 Å². The van der Waals surface area contributed by atoms with Gasteiger partial charge in [0.1, 0.15) is 0 Å². The Bertz CT molecular complexity index is 296. The standard InChI is InChI=1S/C13H22BrNS/c1-10(2)9-15-6-4-11(3)8-13-12(14)5-7-16-13/h5,7,10-11,15H,4,6,8-9H2,1-3H3. The Hall–Kier alpha value is 0.140. The molecule has 16 heavy (non-hydrogen) atoms. The van der Waals surface area contributed by atoms with Crippen LogP contribution in [-0.4, -0.2) is 13.1 Å². The molecule has 1 atom stereocenters. The predicted octanol–water partition coefficient (Wildman–Crippen LogP) is 4.32. The molecule has 1 N–H and O–H groups in total. The van der Waals surface area contributed by atoms with Crippen molar-refractivity contribution in [1.82, 2.24) is 5.32 Å². The molecule has 0 saturated heterocycles. The third-order valence-electron chi connectivity index (χ3n) is 2.59.